The first-order valence-corrected chi connectivity index (χ1v) is 6.08. The van der Waals surface area contributed by atoms with Gasteiger partial charge in [0.15, 0.2) is 0 Å². The van der Waals surface area contributed by atoms with Crippen LogP contribution in [0, 0.1) is 6.92 Å². The van der Waals surface area contributed by atoms with E-state index in [0.717, 1.165) is 22.5 Å². The number of amides is 1. The number of benzene rings is 1. The second-order valence-electron chi connectivity index (χ2n) is 4.69. The van der Waals surface area contributed by atoms with Crippen LogP contribution >= 0.6 is 0 Å². The van der Waals surface area contributed by atoms with Crippen molar-refractivity contribution in [3.63, 3.8) is 0 Å². The molecule has 0 spiro atoms. The Kier molecular flexibility index (Phi) is 2.67. The summed E-state index contributed by atoms with van der Waals surface area (Å²) < 4.78 is 1.42. The van der Waals surface area contributed by atoms with Gasteiger partial charge in [0, 0.05) is 11.8 Å². The highest BCUT2D eigenvalue weighted by atomic mass is 16.2. The lowest BCUT2D eigenvalue weighted by atomic mass is 10.1. The Morgan fingerprint density at radius 3 is 2.95 bits per heavy atom. The molecule has 0 bridgehead atoms. The number of nitrogens with zero attached hydrogens (tertiary/aromatic N) is 2. The molecule has 2 aromatic rings. The Balaban J connectivity index is 1.92. The monoisotopic (exact) mass is 255 g/mol. The molecule has 5 heteroatoms. The molecule has 1 aliphatic rings. The van der Waals surface area contributed by atoms with Gasteiger partial charge in [-0.3, -0.25) is 9.59 Å². The molecule has 0 atom stereocenters. The molecule has 1 amide bonds. The summed E-state index contributed by atoms with van der Waals surface area (Å²) >= 11 is 0. The highest BCUT2D eigenvalue weighted by Gasteiger charge is 2.17. The third kappa shape index (κ3) is 2.27. The molecular weight excluding hydrogens is 242 g/mol. The average molecular weight is 255 g/mol. The molecule has 3 rings (SSSR count). The molecule has 1 aromatic carbocycles. The van der Waals surface area contributed by atoms with Crippen molar-refractivity contribution >= 4 is 11.6 Å². The molecule has 1 aliphatic heterocycles. The van der Waals surface area contributed by atoms with Crippen molar-refractivity contribution in [2.45, 2.75) is 19.9 Å². The van der Waals surface area contributed by atoms with Crippen LogP contribution in [0.1, 0.15) is 16.8 Å². The zero-order valence-corrected chi connectivity index (χ0v) is 10.5. The molecule has 1 N–H and O–H groups in total. The molecule has 0 saturated carbocycles. The van der Waals surface area contributed by atoms with Gasteiger partial charge in [-0.1, -0.05) is 12.1 Å². The Morgan fingerprint density at radius 2 is 2.11 bits per heavy atom. The summed E-state index contributed by atoms with van der Waals surface area (Å²) in [4.78, 5) is 23.0. The topological polar surface area (TPSA) is 64.0 Å². The minimum Gasteiger partial charge on any atom is -0.326 e. The summed E-state index contributed by atoms with van der Waals surface area (Å²) in [5.74, 6) is 0.0120. The number of fused-ring (bicyclic) bond motifs is 1. The van der Waals surface area contributed by atoms with Gasteiger partial charge in [-0.25, -0.2) is 4.68 Å². The molecule has 0 aliphatic carbocycles. The van der Waals surface area contributed by atoms with Crippen LogP contribution in [0.5, 0.6) is 0 Å². The van der Waals surface area contributed by atoms with E-state index < -0.39 is 0 Å². The van der Waals surface area contributed by atoms with E-state index in [2.05, 4.69) is 10.4 Å². The number of rotatable bonds is 2. The Hall–Kier alpha value is -2.43. The normalized spacial score (nSPS) is 13.2. The Bertz CT molecular complexity index is 719. The van der Waals surface area contributed by atoms with Gasteiger partial charge in [0.05, 0.1) is 18.7 Å². The molecule has 19 heavy (non-hydrogen) atoms. The van der Waals surface area contributed by atoms with Crippen molar-refractivity contribution in [2.75, 3.05) is 5.32 Å². The van der Waals surface area contributed by atoms with E-state index in [1.807, 2.05) is 25.1 Å². The first-order valence-electron chi connectivity index (χ1n) is 6.08. The number of hydrogen-bond acceptors (Lipinski definition) is 3. The lowest BCUT2D eigenvalue weighted by Crippen LogP contribution is -2.22. The molecule has 96 valence electrons. The van der Waals surface area contributed by atoms with Crippen molar-refractivity contribution in [3.8, 4) is 0 Å². The van der Waals surface area contributed by atoms with Crippen LogP contribution in [-0.4, -0.2) is 15.7 Å². The fourth-order valence-electron chi connectivity index (χ4n) is 2.20. The lowest BCUT2D eigenvalue weighted by Gasteiger charge is -2.07. The summed E-state index contributed by atoms with van der Waals surface area (Å²) in [5.41, 5.74) is 3.45. The van der Waals surface area contributed by atoms with Gasteiger partial charge in [0.25, 0.3) is 5.56 Å². The smallest absolute Gasteiger partial charge is 0.267 e. The molecule has 5 nitrogen and oxygen atoms in total. The van der Waals surface area contributed by atoms with Crippen LogP contribution in [0.3, 0.4) is 0 Å². The molecule has 2 heterocycles. The van der Waals surface area contributed by atoms with E-state index in [-0.39, 0.29) is 11.5 Å². The van der Waals surface area contributed by atoms with Crippen LogP contribution < -0.4 is 10.9 Å². The first-order chi connectivity index (χ1) is 9.11. The van der Waals surface area contributed by atoms with E-state index >= 15 is 0 Å². The molecule has 1 aromatic heterocycles. The summed E-state index contributed by atoms with van der Waals surface area (Å²) in [6.07, 6.45) is 0.429. The van der Waals surface area contributed by atoms with Crippen LogP contribution in [-0.2, 0) is 17.8 Å². The van der Waals surface area contributed by atoms with E-state index in [9.17, 15) is 9.59 Å². The Morgan fingerprint density at radius 1 is 1.26 bits per heavy atom. The van der Waals surface area contributed by atoms with Crippen LogP contribution in [0.15, 0.2) is 35.1 Å². The summed E-state index contributed by atoms with van der Waals surface area (Å²) in [6, 6.07) is 8.95. The van der Waals surface area contributed by atoms with Crippen molar-refractivity contribution in [3.05, 3.63) is 57.5 Å². The zero-order chi connectivity index (χ0) is 13.4. The van der Waals surface area contributed by atoms with Crippen molar-refractivity contribution in [1.82, 2.24) is 9.78 Å². The fourth-order valence-corrected chi connectivity index (χ4v) is 2.20. The molecule has 0 unspecified atom stereocenters. The van der Waals surface area contributed by atoms with Crippen molar-refractivity contribution in [1.29, 1.82) is 0 Å². The highest BCUT2D eigenvalue weighted by molar-refractivity contribution is 5.99. The fraction of sp³-hybridized carbons (Fsp3) is 0.214. The second kappa shape index (κ2) is 4.35. The van der Waals surface area contributed by atoms with Gasteiger partial charge >= 0.3 is 0 Å². The van der Waals surface area contributed by atoms with Gasteiger partial charge in [-0.05, 0) is 30.2 Å². The average Bonchev–Trinajstić information content (AvgIpc) is 2.73. The number of nitrogens with one attached hydrogen (secondary N) is 1. The summed E-state index contributed by atoms with van der Waals surface area (Å²) in [6.45, 7) is 2.25. The third-order valence-corrected chi connectivity index (χ3v) is 3.13. The number of aryl methyl sites for hydroxylation is 1. The van der Waals surface area contributed by atoms with E-state index in [1.54, 1.807) is 6.07 Å². The van der Waals surface area contributed by atoms with Gasteiger partial charge < -0.3 is 5.32 Å². The van der Waals surface area contributed by atoms with Gasteiger partial charge in [-0.2, -0.15) is 5.10 Å². The molecule has 0 radical (unpaired) electrons. The number of carbonyl (C=O) groups excluding carboxylic acids is 1. The standard InChI is InChI=1S/C14H13N3O2/c1-9-2-5-14(19)17(16-9)8-10-3-4-11-7-13(18)15-12(11)6-10/h2-6H,7-8H2,1H3,(H,15,18). The summed E-state index contributed by atoms with van der Waals surface area (Å²) in [7, 11) is 0. The third-order valence-electron chi connectivity index (χ3n) is 3.13. The number of anilines is 1. The number of hydrogen-bond donors (Lipinski definition) is 1. The SMILES string of the molecule is Cc1ccc(=O)n(Cc2ccc3c(c2)NC(=O)C3)n1. The van der Waals surface area contributed by atoms with E-state index in [0.29, 0.717) is 13.0 Å². The zero-order valence-electron chi connectivity index (χ0n) is 10.5. The number of aromatic nitrogens is 2. The maximum absolute atomic E-state index is 11.7. The number of carbonyl (C=O) groups is 1. The van der Waals surface area contributed by atoms with E-state index in [4.69, 9.17) is 0 Å². The predicted molar refractivity (Wildman–Crippen MR) is 71.1 cm³/mol. The van der Waals surface area contributed by atoms with Crippen LogP contribution in [0.2, 0.25) is 0 Å². The quantitative estimate of drug-likeness (QED) is 0.873. The lowest BCUT2D eigenvalue weighted by molar-refractivity contribution is -0.115. The van der Waals surface area contributed by atoms with Crippen LogP contribution in [0.25, 0.3) is 0 Å². The largest absolute Gasteiger partial charge is 0.326 e. The maximum atomic E-state index is 11.7. The summed E-state index contributed by atoms with van der Waals surface area (Å²) in [5, 5.41) is 7.00. The van der Waals surface area contributed by atoms with Crippen LogP contribution in [0.4, 0.5) is 5.69 Å². The maximum Gasteiger partial charge on any atom is 0.267 e. The van der Waals surface area contributed by atoms with Crippen molar-refractivity contribution in [2.24, 2.45) is 0 Å². The second-order valence-corrected chi connectivity index (χ2v) is 4.69. The molecule has 0 saturated heterocycles. The highest BCUT2D eigenvalue weighted by Crippen LogP contribution is 2.24. The minimum atomic E-state index is -0.130. The molecule has 0 fully saturated rings. The first kappa shape index (κ1) is 11.6. The van der Waals surface area contributed by atoms with E-state index in [1.165, 1.54) is 10.7 Å². The van der Waals surface area contributed by atoms with Gasteiger partial charge in [-0.15, -0.1) is 0 Å². The van der Waals surface area contributed by atoms with Crippen molar-refractivity contribution < 1.29 is 4.79 Å². The minimum absolute atomic E-state index is 0.0120. The predicted octanol–water partition coefficient (Wildman–Crippen LogP) is 1.09. The van der Waals surface area contributed by atoms with Gasteiger partial charge in [0.1, 0.15) is 0 Å². The Labute approximate surface area is 109 Å². The molecular formula is C14H13N3O2. The van der Waals surface area contributed by atoms with Gasteiger partial charge in [0.2, 0.25) is 5.91 Å².